The molecule has 2 aromatic carbocycles. The van der Waals surface area contributed by atoms with E-state index in [-0.39, 0.29) is 17.2 Å². The van der Waals surface area contributed by atoms with Gasteiger partial charge in [0.1, 0.15) is 10.6 Å². The molecule has 33 heavy (non-hydrogen) atoms. The third-order valence-electron chi connectivity index (χ3n) is 5.55. The molecule has 0 bridgehead atoms. The molecule has 0 unspecified atom stereocenters. The van der Waals surface area contributed by atoms with Gasteiger partial charge in [-0.05, 0) is 55.2 Å². The van der Waals surface area contributed by atoms with Gasteiger partial charge in [-0.15, -0.1) is 11.3 Å². The molecule has 0 aliphatic rings. The number of carbonyl (C=O) groups is 1. The number of aryl methyl sites for hydroxylation is 3. The summed E-state index contributed by atoms with van der Waals surface area (Å²) < 4.78 is 6.84. The number of nitrogens with one attached hydrogen (secondary N) is 1. The van der Waals surface area contributed by atoms with E-state index in [9.17, 15) is 9.59 Å². The lowest BCUT2D eigenvalue weighted by molar-refractivity contribution is -0.113. The predicted octanol–water partition coefficient (Wildman–Crippen LogP) is 5.33. The second-order valence-electron chi connectivity index (χ2n) is 7.93. The Hall–Kier alpha value is -3.10. The number of amides is 1. The van der Waals surface area contributed by atoms with Gasteiger partial charge in [0.2, 0.25) is 5.91 Å². The summed E-state index contributed by atoms with van der Waals surface area (Å²) in [5.74, 6) is 0.529. The van der Waals surface area contributed by atoms with Crippen molar-refractivity contribution in [2.75, 3.05) is 18.2 Å². The van der Waals surface area contributed by atoms with E-state index in [0.717, 1.165) is 16.7 Å². The second-order valence-corrected chi connectivity index (χ2v) is 9.73. The van der Waals surface area contributed by atoms with Gasteiger partial charge in [0.25, 0.3) is 5.56 Å². The molecule has 0 radical (unpaired) electrons. The summed E-state index contributed by atoms with van der Waals surface area (Å²) in [5, 5.41) is 5.98. The fourth-order valence-corrected chi connectivity index (χ4v) is 5.30. The Morgan fingerprint density at radius 3 is 2.67 bits per heavy atom. The van der Waals surface area contributed by atoms with Gasteiger partial charge < -0.3 is 10.1 Å². The van der Waals surface area contributed by atoms with E-state index in [1.54, 1.807) is 14.2 Å². The van der Waals surface area contributed by atoms with Crippen molar-refractivity contribution in [3.63, 3.8) is 0 Å². The van der Waals surface area contributed by atoms with Gasteiger partial charge in [0, 0.05) is 18.0 Å². The number of rotatable bonds is 6. The smallest absolute Gasteiger partial charge is 0.263 e. The lowest BCUT2D eigenvalue weighted by Crippen LogP contribution is -2.21. The second kappa shape index (κ2) is 9.41. The molecule has 4 rings (SSSR count). The predicted molar refractivity (Wildman–Crippen MR) is 137 cm³/mol. The molecule has 2 aromatic heterocycles. The van der Waals surface area contributed by atoms with Crippen LogP contribution in [0.5, 0.6) is 5.75 Å². The van der Waals surface area contributed by atoms with Crippen LogP contribution in [0.1, 0.15) is 16.7 Å². The first-order valence-corrected chi connectivity index (χ1v) is 12.3. The van der Waals surface area contributed by atoms with E-state index in [1.165, 1.54) is 38.8 Å². The van der Waals surface area contributed by atoms with Gasteiger partial charge in [-0.1, -0.05) is 36.0 Å². The summed E-state index contributed by atoms with van der Waals surface area (Å²) in [6.45, 7) is 6.09. The first-order chi connectivity index (χ1) is 15.8. The summed E-state index contributed by atoms with van der Waals surface area (Å²) >= 11 is 2.68. The summed E-state index contributed by atoms with van der Waals surface area (Å²) in [6, 6.07) is 11.8. The van der Waals surface area contributed by atoms with Crippen LogP contribution in [0.4, 0.5) is 5.69 Å². The van der Waals surface area contributed by atoms with Crippen LogP contribution in [0, 0.1) is 20.8 Å². The van der Waals surface area contributed by atoms with Crippen molar-refractivity contribution >= 4 is 44.9 Å². The molecular weight excluding hydrogens is 454 g/mol. The first-order valence-electron chi connectivity index (χ1n) is 10.4. The van der Waals surface area contributed by atoms with Crippen LogP contribution < -0.4 is 15.6 Å². The number of hydrogen-bond donors (Lipinski definition) is 1. The van der Waals surface area contributed by atoms with E-state index >= 15 is 0 Å². The molecule has 4 aromatic rings. The Kier molecular flexibility index (Phi) is 6.58. The van der Waals surface area contributed by atoms with Crippen LogP contribution in [0.15, 0.2) is 51.7 Å². The largest absolute Gasteiger partial charge is 0.495 e. The average Bonchev–Trinajstić information content (AvgIpc) is 3.21. The molecule has 0 aliphatic heterocycles. The summed E-state index contributed by atoms with van der Waals surface area (Å²) in [6.07, 6.45) is 0. The monoisotopic (exact) mass is 479 g/mol. The highest BCUT2D eigenvalue weighted by molar-refractivity contribution is 7.99. The van der Waals surface area contributed by atoms with Crippen molar-refractivity contribution in [1.82, 2.24) is 9.55 Å². The highest BCUT2D eigenvalue weighted by Gasteiger charge is 2.17. The van der Waals surface area contributed by atoms with Crippen LogP contribution >= 0.6 is 23.1 Å². The number of hydrogen-bond acceptors (Lipinski definition) is 6. The number of methoxy groups -OCH3 is 1. The molecule has 170 valence electrons. The minimum atomic E-state index is -0.194. The zero-order valence-electron chi connectivity index (χ0n) is 19.2. The van der Waals surface area contributed by atoms with Crippen molar-refractivity contribution in [2.24, 2.45) is 7.05 Å². The third-order valence-corrected chi connectivity index (χ3v) is 7.46. The van der Waals surface area contributed by atoms with Crippen molar-refractivity contribution < 1.29 is 9.53 Å². The van der Waals surface area contributed by atoms with Crippen LogP contribution in [-0.2, 0) is 11.8 Å². The van der Waals surface area contributed by atoms with Gasteiger partial charge >= 0.3 is 0 Å². The van der Waals surface area contributed by atoms with Crippen molar-refractivity contribution in [1.29, 1.82) is 0 Å². The number of anilines is 1. The normalized spacial score (nSPS) is 11.1. The molecule has 6 nitrogen and oxygen atoms in total. The fourth-order valence-electron chi connectivity index (χ4n) is 3.54. The van der Waals surface area contributed by atoms with E-state index in [1.807, 2.05) is 36.6 Å². The van der Waals surface area contributed by atoms with Gasteiger partial charge in [-0.3, -0.25) is 14.2 Å². The van der Waals surface area contributed by atoms with E-state index in [4.69, 9.17) is 4.74 Å². The maximum absolute atomic E-state index is 13.2. The Bertz CT molecular complexity index is 1420. The highest BCUT2D eigenvalue weighted by Crippen LogP contribution is 2.33. The van der Waals surface area contributed by atoms with Crippen LogP contribution in [0.3, 0.4) is 0 Å². The number of thiophene rings is 1. The zero-order chi connectivity index (χ0) is 23.7. The lowest BCUT2D eigenvalue weighted by atomic mass is 10.0. The molecule has 2 heterocycles. The Labute approximate surface area is 200 Å². The number of ether oxygens (including phenoxy) is 1. The molecule has 0 spiro atoms. The summed E-state index contributed by atoms with van der Waals surface area (Å²) in [5.41, 5.74) is 5.83. The topological polar surface area (TPSA) is 73.2 Å². The molecule has 0 atom stereocenters. The third kappa shape index (κ3) is 4.67. The zero-order valence-corrected chi connectivity index (χ0v) is 20.8. The van der Waals surface area contributed by atoms with Crippen LogP contribution in [0.2, 0.25) is 0 Å². The van der Waals surface area contributed by atoms with Crippen molar-refractivity contribution in [2.45, 2.75) is 25.9 Å². The number of benzene rings is 2. The minimum Gasteiger partial charge on any atom is -0.495 e. The Morgan fingerprint density at radius 2 is 1.94 bits per heavy atom. The van der Waals surface area contributed by atoms with E-state index in [0.29, 0.717) is 26.8 Å². The van der Waals surface area contributed by atoms with Gasteiger partial charge in [0.05, 0.1) is 23.9 Å². The molecule has 1 N–H and O–H groups in total. The molecule has 0 aliphatic carbocycles. The fraction of sp³-hybridized carbons (Fsp3) is 0.240. The SMILES string of the molecule is COc1ccc(C)cc1NC(=O)CSc1nc2scc(-c3ccc(C)c(C)c3)c2c(=O)n1C. The molecule has 0 fully saturated rings. The molecule has 0 saturated heterocycles. The Balaban J connectivity index is 1.58. The summed E-state index contributed by atoms with van der Waals surface area (Å²) in [7, 11) is 3.26. The van der Waals surface area contributed by atoms with E-state index < -0.39 is 0 Å². The number of carbonyl (C=O) groups excluding carboxylic acids is 1. The summed E-state index contributed by atoms with van der Waals surface area (Å²) in [4.78, 5) is 31.1. The number of fused-ring (bicyclic) bond motifs is 1. The van der Waals surface area contributed by atoms with E-state index in [2.05, 4.69) is 36.3 Å². The highest BCUT2D eigenvalue weighted by atomic mass is 32.2. The van der Waals surface area contributed by atoms with Crippen LogP contribution in [-0.4, -0.2) is 28.3 Å². The van der Waals surface area contributed by atoms with Gasteiger partial charge in [-0.2, -0.15) is 0 Å². The minimum absolute atomic E-state index is 0.113. The van der Waals surface area contributed by atoms with Gasteiger partial charge in [0.15, 0.2) is 5.16 Å². The van der Waals surface area contributed by atoms with Crippen LogP contribution in [0.25, 0.3) is 21.3 Å². The standard InChI is InChI=1S/C25H25N3O3S2/c1-14-6-9-20(31-5)19(10-14)26-21(29)13-33-25-27-23-22(24(30)28(25)4)18(12-32-23)17-8-7-15(2)16(3)11-17/h6-12H,13H2,1-5H3,(H,26,29). The Morgan fingerprint density at radius 1 is 1.15 bits per heavy atom. The van der Waals surface area contributed by atoms with Crippen molar-refractivity contribution in [3.8, 4) is 16.9 Å². The molecule has 8 heteroatoms. The van der Waals surface area contributed by atoms with Gasteiger partial charge in [-0.25, -0.2) is 4.98 Å². The van der Waals surface area contributed by atoms with Crippen molar-refractivity contribution in [3.05, 3.63) is 68.8 Å². The molecular formula is C25H25N3O3S2. The number of nitrogens with zero attached hydrogens (tertiary/aromatic N) is 2. The lowest BCUT2D eigenvalue weighted by Gasteiger charge is -2.11. The number of thioether (sulfide) groups is 1. The average molecular weight is 480 g/mol. The quantitative estimate of drug-likeness (QED) is 0.299. The molecule has 0 saturated carbocycles. The first kappa shape index (κ1) is 23.1. The number of aromatic nitrogens is 2. The maximum Gasteiger partial charge on any atom is 0.263 e. The maximum atomic E-state index is 13.2. The molecule has 1 amide bonds.